The van der Waals surface area contributed by atoms with E-state index >= 15 is 0 Å². The zero-order valence-electron chi connectivity index (χ0n) is 11.8. The second-order valence-electron chi connectivity index (χ2n) is 5.40. The van der Waals surface area contributed by atoms with Gasteiger partial charge in [0.1, 0.15) is 0 Å². The predicted octanol–water partition coefficient (Wildman–Crippen LogP) is 3.69. The smallest absolute Gasteiger partial charge is 0.224 e. The van der Waals surface area contributed by atoms with Gasteiger partial charge in [-0.25, -0.2) is 0 Å². The van der Waals surface area contributed by atoms with E-state index in [9.17, 15) is 4.79 Å². The van der Waals surface area contributed by atoms with Crippen LogP contribution in [0.5, 0.6) is 0 Å². The van der Waals surface area contributed by atoms with Crippen LogP contribution in [-0.4, -0.2) is 5.91 Å². The summed E-state index contributed by atoms with van der Waals surface area (Å²) in [5, 5.41) is 2.90. The molecule has 0 bridgehead atoms. The molecule has 3 rings (SSSR count). The molecule has 2 aromatic rings. The Labute approximate surface area is 132 Å². The average molecular weight is 345 g/mol. The van der Waals surface area contributed by atoms with Crippen molar-refractivity contribution in [2.45, 2.75) is 25.8 Å². The molecule has 0 aliphatic carbocycles. The molecular weight excluding hydrogens is 328 g/mol. The summed E-state index contributed by atoms with van der Waals surface area (Å²) in [6.45, 7) is 2.07. The molecule has 1 atom stereocenters. The molecule has 0 spiro atoms. The number of hydrogen-bond acceptors (Lipinski definition) is 2. The minimum absolute atomic E-state index is 0.0855. The Morgan fingerprint density at radius 3 is 2.86 bits per heavy atom. The summed E-state index contributed by atoms with van der Waals surface area (Å²) in [4.78, 5) is 11.4. The molecule has 1 amide bonds. The van der Waals surface area contributed by atoms with Crippen molar-refractivity contribution < 1.29 is 4.79 Å². The van der Waals surface area contributed by atoms with Crippen molar-refractivity contribution in [3.05, 3.63) is 63.1 Å². The number of fused-ring (bicyclic) bond motifs is 1. The molecule has 1 heterocycles. The zero-order valence-corrected chi connectivity index (χ0v) is 13.4. The second kappa shape index (κ2) is 5.62. The largest absolute Gasteiger partial charge is 0.326 e. The van der Waals surface area contributed by atoms with Crippen molar-refractivity contribution in [2.75, 3.05) is 5.32 Å². The van der Waals surface area contributed by atoms with Crippen LogP contribution in [0.15, 0.2) is 40.9 Å². The topological polar surface area (TPSA) is 55.1 Å². The number of halogens is 1. The summed E-state index contributed by atoms with van der Waals surface area (Å²) in [5.41, 5.74) is 11.9. The van der Waals surface area contributed by atoms with Crippen LogP contribution in [0.4, 0.5) is 5.69 Å². The van der Waals surface area contributed by atoms with E-state index in [1.807, 2.05) is 24.3 Å². The monoisotopic (exact) mass is 344 g/mol. The SMILES string of the molecule is Cc1c(Br)cccc1C(N)c1ccc2c(c1)CCC(=O)N2. The standard InChI is InChI=1S/C17H17BrN2O/c1-10-13(3-2-4-14(10)18)17(19)12-5-7-15-11(9-12)6-8-16(21)20-15/h2-5,7,9,17H,6,8,19H2,1H3,(H,20,21). The summed E-state index contributed by atoms with van der Waals surface area (Å²) < 4.78 is 1.07. The molecule has 21 heavy (non-hydrogen) atoms. The number of hydrogen-bond donors (Lipinski definition) is 2. The van der Waals surface area contributed by atoms with Crippen LogP contribution in [0, 0.1) is 6.92 Å². The molecule has 3 N–H and O–H groups in total. The fourth-order valence-electron chi connectivity index (χ4n) is 2.74. The van der Waals surface area contributed by atoms with E-state index in [1.165, 1.54) is 0 Å². The van der Waals surface area contributed by atoms with E-state index in [1.54, 1.807) is 0 Å². The van der Waals surface area contributed by atoms with Crippen molar-refractivity contribution in [3.8, 4) is 0 Å². The van der Waals surface area contributed by atoms with E-state index < -0.39 is 0 Å². The number of nitrogens with one attached hydrogen (secondary N) is 1. The van der Waals surface area contributed by atoms with Gasteiger partial charge in [0.05, 0.1) is 6.04 Å². The van der Waals surface area contributed by atoms with Gasteiger partial charge in [-0.15, -0.1) is 0 Å². The molecule has 108 valence electrons. The van der Waals surface area contributed by atoms with Crippen molar-refractivity contribution in [3.63, 3.8) is 0 Å². The third-order valence-electron chi connectivity index (χ3n) is 4.03. The number of carbonyl (C=O) groups excluding carboxylic acids is 1. The summed E-state index contributed by atoms with van der Waals surface area (Å²) >= 11 is 3.55. The maximum Gasteiger partial charge on any atom is 0.224 e. The number of carbonyl (C=O) groups is 1. The van der Waals surface area contributed by atoms with Gasteiger partial charge in [-0.2, -0.15) is 0 Å². The van der Waals surface area contributed by atoms with Gasteiger partial charge in [-0.3, -0.25) is 4.79 Å². The Morgan fingerprint density at radius 1 is 1.24 bits per heavy atom. The Hall–Kier alpha value is -1.65. The van der Waals surface area contributed by atoms with E-state index in [0.717, 1.165) is 38.8 Å². The number of amides is 1. The summed E-state index contributed by atoms with van der Waals surface area (Å²) in [6, 6.07) is 12.0. The molecule has 0 fully saturated rings. The van der Waals surface area contributed by atoms with Crippen LogP contribution in [0.2, 0.25) is 0 Å². The number of rotatable bonds is 2. The average Bonchev–Trinajstić information content (AvgIpc) is 2.49. The van der Waals surface area contributed by atoms with Gasteiger partial charge >= 0.3 is 0 Å². The molecule has 3 nitrogen and oxygen atoms in total. The Kier molecular flexibility index (Phi) is 3.83. The predicted molar refractivity (Wildman–Crippen MR) is 88.3 cm³/mol. The molecule has 0 saturated heterocycles. The molecule has 1 aliphatic heterocycles. The number of aryl methyl sites for hydroxylation is 1. The van der Waals surface area contributed by atoms with Gasteiger partial charge in [0, 0.05) is 16.6 Å². The van der Waals surface area contributed by atoms with Crippen molar-refractivity contribution >= 4 is 27.5 Å². The number of nitrogens with two attached hydrogens (primary N) is 1. The van der Waals surface area contributed by atoms with E-state index in [0.29, 0.717) is 6.42 Å². The van der Waals surface area contributed by atoms with Crippen LogP contribution in [0.3, 0.4) is 0 Å². The van der Waals surface area contributed by atoms with Gasteiger partial charge < -0.3 is 11.1 Å². The number of benzene rings is 2. The first-order chi connectivity index (χ1) is 10.1. The van der Waals surface area contributed by atoms with Crippen LogP contribution in [-0.2, 0) is 11.2 Å². The normalized spacial score (nSPS) is 15.3. The highest BCUT2D eigenvalue weighted by molar-refractivity contribution is 9.10. The van der Waals surface area contributed by atoms with E-state index in [2.05, 4.69) is 40.3 Å². The fraction of sp³-hybridized carbons (Fsp3) is 0.235. The molecule has 1 unspecified atom stereocenters. The molecule has 4 heteroatoms. The molecule has 0 radical (unpaired) electrons. The summed E-state index contributed by atoms with van der Waals surface area (Å²) in [6.07, 6.45) is 1.32. The van der Waals surface area contributed by atoms with Crippen molar-refractivity contribution in [2.24, 2.45) is 5.73 Å². The van der Waals surface area contributed by atoms with Crippen molar-refractivity contribution in [1.29, 1.82) is 0 Å². The van der Waals surface area contributed by atoms with E-state index in [4.69, 9.17) is 5.73 Å². The zero-order chi connectivity index (χ0) is 15.0. The second-order valence-corrected chi connectivity index (χ2v) is 6.25. The molecule has 0 saturated carbocycles. The van der Waals surface area contributed by atoms with Gasteiger partial charge in [-0.05, 0) is 47.7 Å². The lowest BCUT2D eigenvalue weighted by Gasteiger charge is -2.21. The van der Waals surface area contributed by atoms with Crippen LogP contribution in [0.1, 0.15) is 34.7 Å². The Morgan fingerprint density at radius 2 is 2.05 bits per heavy atom. The quantitative estimate of drug-likeness (QED) is 0.872. The van der Waals surface area contributed by atoms with Gasteiger partial charge in [0.15, 0.2) is 0 Å². The van der Waals surface area contributed by atoms with Gasteiger partial charge in [-0.1, -0.05) is 40.2 Å². The molecule has 0 aromatic heterocycles. The minimum Gasteiger partial charge on any atom is -0.326 e. The maximum atomic E-state index is 11.4. The fourth-order valence-corrected chi connectivity index (χ4v) is 3.12. The van der Waals surface area contributed by atoms with E-state index in [-0.39, 0.29) is 11.9 Å². The number of anilines is 1. The maximum absolute atomic E-state index is 11.4. The lowest BCUT2D eigenvalue weighted by molar-refractivity contribution is -0.116. The third-order valence-corrected chi connectivity index (χ3v) is 4.89. The molecule has 2 aromatic carbocycles. The van der Waals surface area contributed by atoms with Crippen LogP contribution >= 0.6 is 15.9 Å². The van der Waals surface area contributed by atoms with Crippen LogP contribution in [0.25, 0.3) is 0 Å². The molecular formula is C17H17BrN2O. The Balaban J connectivity index is 1.97. The van der Waals surface area contributed by atoms with Crippen LogP contribution < -0.4 is 11.1 Å². The Bertz CT molecular complexity index is 712. The van der Waals surface area contributed by atoms with Gasteiger partial charge in [0.25, 0.3) is 0 Å². The first-order valence-corrected chi connectivity index (χ1v) is 7.79. The highest BCUT2D eigenvalue weighted by Crippen LogP contribution is 2.31. The highest BCUT2D eigenvalue weighted by atomic mass is 79.9. The lowest BCUT2D eigenvalue weighted by atomic mass is 9.92. The minimum atomic E-state index is -0.162. The summed E-state index contributed by atoms with van der Waals surface area (Å²) in [5.74, 6) is 0.0855. The summed E-state index contributed by atoms with van der Waals surface area (Å²) in [7, 11) is 0. The lowest BCUT2D eigenvalue weighted by Crippen LogP contribution is -2.20. The molecule has 1 aliphatic rings. The van der Waals surface area contributed by atoms with Crippen molar-refractivity contribution in [1.82, 2.24) is 0 Å². The van der Waals surface area contributed by atoms with Gasteiger partial charge in [0.2, 0.25) is 5.91 Å². The highest BCUT2D eigenvalue weighted by Gasteiger charge is 2.18. The first kappa shape index (κ1) is 14.3. The first-order valence-electron chi connectivity index (χ1n) is 6.99. The third kappa shape index (κ3) is 2.74.